The summed E-state index contributed by atoms with van der Waals surface area (Å²) in [4.78, 5) is 17.8. The lowest BCUT2D eigenvalue weighted by Gasteiger charge is -2.19. The molecule has 0 atom stereocenters. The zero-order chi connectivity index (χ0) is 15.4. The quantitative estimate of drug-likeness (QED) is 0.914. The number of methoxy groups -OCH3 is 1. The molecule has 112 valence electrons. The number of hydrogen-bond acceptors (Lipinski definition) is 4. The fourth-order valence-electron chi connectivity index (χ4n) is 1.94. The molecule has 0 bridgehead atoms. The first-order valence-electron chi connectivity index (χ1n) is 6.55. The largest absolute Gasteiger partial charge is 0.494 e. The van der Waals surface area contributed by atoms with Gasteiger partial charge in [0.25, 0.3) is 5.91 Å². The summed E-state index contributed by atoms with van der Waals surface area (Å²) in [6.07, 6.45) is 0. The Balaban J connectivity index is 2.15. The van der Waals surface area contributed by atoms with E-state index in [4.69, 9.17) is 4.74 Å². The third-order valence-corrected chi connectivity index (χ3v) is 3.05. The van der Waals surface area contributed by atoms with Gasteiger partial charge in [-0.25, -0.2) is 9.37 Å². The van der Waals surface area contributed by atoms with Crippen molar-refractivity contribution in [3.05, 3.63) is 41.2 Å². The van der Waals surface area contributed by atoms with Crippen LogP contribution in [0.25, 0.3) is 0 Å². The molecule has 7 heteroatoms. The summed E-state index contributed by atoms with van der Waals surface area (Å²) in [7, 11) is 1.41. The Morgan fingerprint density at radius 3 is 2.76 bits per heavy atom. The summed E-state index contributed by atoms with van der Waals surface area (Å²) in [6, 6.07) is 4.62. The Morgan fingerprint density at radius 2 is 2.24 bits per heavy atom. The smallest absolute Gasteiger partial charge is 0.293 e. The van der Waals surface area contributed by atoms with Gasteiger partial charge < -0.3 is 9.64 Å². The number of amides is 1. The molecular formula is C14H17FN4O2. The predicted molar refractivity (Wildman–Crippen MR) is 74.5 cm³/mol. The van der Waals surface area contributed by atoms with Gasteiger partial charge >= 0.3 is 0 Å². The van der Waals surface area contributed by atoms with Crippen molar-refractivity contribution in [1.29, 1.82) is 0 Å². The molecule has 0 aliphatic heterocycles. The van der Waals surface area contributed by atoms with Crippen LogP contribution in [0.4, 0.5) is 4.39 Å². The molecule has 0 aliphatic rings. The molecule has 1 aromatic heterocycles. The van der Waals surface area contributed by atoms with Gasteiger partial charge in [0.1, 0.15) is 5.82 Å². The average molecular weight is 292 g/mol. The lowest BCUT2D eigenvalue weighted by molar-refractivity contribution is 0.0740. The van der Waals surface area contributed by atoms with Crippen LogP contribution in [0, 0.1) is 12.7 Å². The van der Waals surface area contributed by atoms with Gasteiger partial charge in [0.15, 0.2) is 11.6 Å². The van der Waals surface area contributed by atoms with Gasteiger partial charge in [-0.2, -0.15) is 0 Å². The fourth-order valence-corrected chi connectivity index (χ4v) is 1.94. The number of rotatable bonds is 5. The standard InChI is InChI=1S/C14H17FN4O2/c1-4-19(14(20)13-16-9(2)17-18-13)8-10-5-6-12(21-3)11(15)7-10/h5-7H,4,8H2,1-3H3,(H,16,17,18). The second-order valence-corrected chi connectivity index (χ2v) is 4.53. The number of aromatic amines is 1. The van der Waals surface area contributed by atoms with E-state index in [0.717, 1.165) is 0 Å². The monoisotopic (exact) mass is 292 g/mol. The van der Waals surface area contributed by atoms with Gasteiger partial charge in [-0.1, -0.05) is 6.07 Å². The fraction of sp³-hybridized carbons (Fsp3) is 0.357. The molecule has 1 amide bonds. The number of aromatic nitrogens is 3. The molecule has 0 saturated heterocycles. The molecular weight excluding hydrogens is 275 g/mol. The molecule has 1 aromatic carbocycles. The van der Waals surface area contributed by atoms with Crippen molar-refractivity contribution >= 4 is 5.91 Å². The van der Waals surface area contributed by atoms with Crippen LogP contribution < -0.4 is 4.74 Å². The van der Waals surface area contributed by atoms with Crippen LogP contribution in [-0.2, 0) is 6.54 Å². The lowest BCUT2D eigenvalue weighted by Crippen LogP contribution is -2.31. The number of aryl methyl sites for hydroxylation is 1. The molecule has 0 aliphatic carbocycles. The van der Waals surface area contributed by atoms with Gasteiger partial charge in [0, 0.05) is 13.1 Å². The first kappa shape index (κ1) is 15.0. The summed E-state index contributed by atoms with van der Waals surface area (Å²) in [6.45, 7) is 4.32. The van der Waals surface area contributed by atoms with Gasteiger partial charge in [0.05, 0.1) is 7.11 Å². The molecule has 1 heterocycles. The number of H-pyrrole nitrogens is 1. The van der Waals surface area contributed by atoms with Crippen LogP contribution in [0.2, 0.25) is 0 Å². The molecule has 0 spiro atoms. The van der Waals surface area contributed by atoms with E-state index in [1.165, 1.54) is 13.2 Å². The zero-order valence-electron chi connectivity index (χ0n) is 12.2. The lowest BCUT2D eigenvalue weighted by atomic mass is 10.2. The zero-order valence-corrected chi connectivity index (χ0v) is 12.2. The Morgan fingerprint density at radius 1 is 1.48 bits per heavy atom. The highest BCUT2D eigenvalue weighted by Crippen LogP contribution is 2.19. The number of nitrogens with one attached hydrogen (secondary N) is 1. The highest BCUT2D eigenvalue weighted by molar-refractivity contribution is 5.90. The molecule has 2 rings (SSSR count). The Labute approximate surface area is 121 Å². The van der Waals surface area contributed by atoms with Crippen molar-refractivity contribution < 1.29 is 13.9 Å². The third kappa shape index (κ3) is 3.36. The minimum atomic E-state index is -0.452. The normalized spacial score (nSPS) is 10.5. The van der Waals surface area contributed by atoms with Crippen LogP contribution in [0.15, 0.2) is 18.2 Å². The van der Waals surface area contributed by atoms with Crippen LogP contribution in [-0.4, -0.2) is 39.6 Å². The Hall–Kier alpha value is -2.44. The van der Waals surface area contributed by atoms with Crippen molar-refractivity contribution in [3.63, 3.8) is 0 Å². The Bertz CT molecular complexity index is 642. The molecule has 0 unspecified atom stereocenters. The number of benzene rings is 1. The van der Waals surface area contributed by atoms with Crippen LogP contribution in [0.3, 0.4) is 0 Å². The Kier molecular flexibility index (Phi) is 4.52. The van der Waals surface area contributed by atoms with Gasteiger partial charge in [-0.3, -0.25) is 9.89 Å². The molecule has 21 heavy (non-hydrogen) atoms. The SMILES string of the molecule is CCN(Cc1ccc(OC)c(F)c1)C(=O)c1n[nH]c(C)n1. The van der Waals surface area contributed by atoms with E-state index in [-0.39, 0.29) is 24.0 Å². The molecule has 2 aromatic rings. The van der Waals surface area contributed by atoms with Crippen LogP contribution >= 0.6 is 0 Å². The van der Waals surface area contributed by atoms with Crippen LogP contribution in [0.1, 0.15) is 28.9 Å². The van der Waals surface area contributed by atoms with E-state index in [0.29, 0.717) is 17.9 Å². The second-order valence-electron chi connectivity index (χ2n) is 4.53. The van der Waals surface area contributed by atoms with E-state index < -0.39 is 5.82 Å². The van der Waals surface area contributed by atoms with Crippen molar-refractivity contribution in [1.82, 2.24) is 20.1 Å². The number of nitrogens with zero attached hydrogens (tertiary/aromatic N) is 3. The highest BCUT2D eigenvalue weighted by Gasteiger charge is 2.19. The van der Waals surface area contributed by atoms with Crippen molar-refractivity contribution in [2.75, 3.05) is 13.7 Å². The summed E-state index contributed by atoms with van der Waals surface area (Å²) < 4.78 is 18.5. The summed E-state index contributed by atoms with van der Waals surface area (Å²) >= 11 is 0. The number of hydrogen-bond donors (Lipinski definition) is 1. The number of ether oxygens (including phenoxy) is 1. The highest BCUT2D eigenvalue weighted by atomic mass is 19.1. The summed E-state index contributed by atoms with van der Waals surface area (Å²) in [5.41, 5.74) is 0.677. The van der Waals surface area contributed by atoms with Gasteiger partial charge in [-0.15, -0.1) is 5.10 Å². The summed E-state index contributed by atoms with van der Waals surface area (Å²) in [5.74, 6) is 0.122. The number of carbonyl (C=O) groups excluding carboxylic acids is 1. The molecule has 0 radical (unpaired) electrons. The third-order valence-electron chi connectivity index (χ3n) is 3.05. The van der Waals surface area contributed by atoms with Crippen molar-refractivity contribution in [2.24, 2.45) is 0 Å². The van der Waals surface area contributed by atoms with E-state index >= 15 is 0 Å². The van der Waals surface area contributed by atoms with Gasteiger partial charge in [0.2, 0.25) is 5.82 Å². The topological polar surface area (TPSA) is 71.1 Å². The maximum atomic E-state index is 13.7. The summed E-state index contributed by atoms with van der Waals surface area (Å²) in [5, 5.41) is 6.48. The van der Waals surface area contributed by atoms with Crippen molar-refractivity contribution in [2.45, 2.75) is 20.4 Å². The van der Waals surface area contributed by atoms with E-state index in [9.17, 15) is 9.18 Å². The molecule has 6 nitrogen and oxygen atoms in total. The van der Waals surface area contributed by atoms with Gasteiger partial charge in [-0.05, 0) is 31.5 Å². The number of carbonyl (C=O) groups is 1. The van der Waals surface area contributed by atoms with E-state index in [2.05, 4.69) is 15.2 Å². The second kappa shape index (κ2) is 6.34. The number of halogens is 1. The van der Waals surface area contributed by atoms with E-state index in [1.807, 2.05) is 6.92 Å². The molecule has 1 N–H and O–H groups in total. The maximum Gasteiger partial charge on any atom is 0.293 e. The molecule has 0 saturated carbocycles. The molecule has 0 fully saturated rings. The van der Waals surface area contributed by atoms with Crippen molar-refractivity contribution in [3.8, 4) is 5.75 Å². The van der Waals surface area contributed by atoms with E-state index in [1.54, 1.807) is 24.0 Å². The predicted octanol–water partition coefficient (Wildman–Crippen LogP) is 1.92. The minimum absolute atomic E-state index is 0.114. The maximum absolute atomic E-state index is 13.7. The first-order chi connectivity index (χ1) is 10.0. The van der Waals surface area contributed by atoms with Crippen LogP contribution in [0.5, 0.6) is 5.75 Å². The average Bonchev–Trinajstić information content (AvgIpc) is 2.91. The minimum Gasteiger partial charge on any atom is -0.494 e. The first-order valence-corrected chi connectivity index (χ1v) is 6.55.